The first-order valence-electron chi connectivity index (χ1n) is 8.89. The quantitative estimate of drug-likeness (QED) is 0.322. The number of aromatic nitrogens is 1. The fraction of sp³-hybridized carbons (Fsp3) is 0.222. The second-order valence-electron chi connectivity index (χ2n) is 6.21. The van der Waals surface area contributed by atoms with E-state index in [2.05, 4.69) is 15.2 Å². The zero-order valence-electron chi connectivity index (χ0n) is 16.0. The molecule has 2 N–H and O–H groups in total. The van der Waals surface area contributed by atoms with Crippen LogP contribution in [0.2, 0.25) is 0 Å². The largest absolute Gasteiger partial charge is 0.493 e. The molecule has 3 rings (SSSR count). The normalized spacial score (nSPS) is 12.3. The van der Waals surface area contributed by atoms with Crippen LogP contribution in [-0.2, 0) is 10.0 Å². The molecule has 0 fully saturated rings. The predicted molar refractivity (Wildman–Crippen MR) is 107 cm³/mol. The lowest BCUT2D eigenvalue weighted by Crippen LogP contribution is -2.30. The van der Waals surface area contributed by atoms with E-state index in [1.807, 2.05) is 0 Å². The zero-order chi connectivity index (χ0) is 22.1. The number of aromatic hydroxyl groups is 1. The average molecular weight is 435 g/mol. The monoisotopic (exact) mass is 435 g/mol. The van der Waals surface area contributed by atoms with Crippen LogP contribution in [0.3, 0.4) is 0 Å². The van der Waals surface area contributed by atoms with E-state index >= 15 is 0 Å². The van der Waals surface area contributed by atoms with E-state index in [1.54, 1.807) is 13.8 Å². The van der Waals surface area contributed by atoms with Gasteiger partial charge < -0.3 is 10.1 Å². The summed E-state index contributed by atoms with van der Waals surface area (Å²) >= 11 is 0. The molecule has 10 nitrogen and oxygen atoms in total. The summed E-state index contributed by atoms with van der Waals surface area (Å²) in [6, 6.07) is 7.00. The van der Waals surface area contributed by atoms with Gasteiger partial charge in [-0.3, -0.25) is 10.1 Å². The van der Waals surface area contributed by atoms with E-state index in [4.69, 9.17) is 0 Å². The minimum Gasteiger partial charge on any atom is -0.493 e. The van der Waals surface area contributed by atoms with Crippen molar-refractivity contribution in [2.75, 3.05) is 13.1 Å². The second kappa shape index (κ2) is 8.16. The second-order valence-corrected chi connectivity index (χ2v) is 8.15. The minimum absolute atomic E-state index is 0.0985. The van der Waals surface area contributed by atoms with Crippen molar-refractivity contribution in [2.45, 2.75) is 18.7 Å². The molecule has 0 unspecified atom stereocenters. The number of sulfonamides is 1. The maximum Gasteiger partial charge on any atom is 0.298 e. The van der Waals surface area contributed by atoms with Crippen molar-refractivity contribution in [3.63, 3.8) is 0 Å². The van der Waals surface area contributed by atoms with Crippen LogP contribution in [0.1, 0.15) is 13.8 Å². The first kappa shape index (κ1) is 21.3. The molecule has 1 heterocycles. The Hall–Kier alpha value is -3.38. The molecule has 0 aliphatic heterocycles. The number of hydrogen-bond acceptors (Lipinski definition) is 7. The predicted octanol–water partition coefficient (Wildman–Crippen LogP) is 4.37. The van der Waals surface area contributed by atoms with E-state index in [0.29, 0.717) is 5.52 Å². The van der Waals surface area contributed by atoms with Crippen molar-refractivity contribution < 1.29 is 22.8 Å². The van der Waals surface area contributed by atoms with Gasteiger partial charge >= 0.3 is 0 Å². The molecule has 0 aliphatic carbocycles. The van der Waals surface area contributed by atoms with Gasteiger partial charge in [-0.1, -0.05) is 13.8 Å². The van der Waals surface area contributed by atoms with Crippen LogP contribution in [0.25, 0.3) is 10.9 Å². The van der Waals surface area contributed by atoms with Gasteiger partial charge in [0.05, 0.1) is 15.3 Å². The molecule has 0 bridgehead atoms. The summed E-state index contributed by atoms with van der Waals surface area (Å²) < 4.78 is 39.9. The number of nitrogens with zero attached hydrogens (tertiary/aromatic N) is 4. The van der Waals surface area contributed by atoms with Gasteiger partial charge in [0, 0.05) is 24.5 Å². The number of nitro groups is 1. The van der Waals surface area contributed by atoms with Crippen LogP contribution in [0.5, 0.6) is 5.88 Å². The van der Waals surface area contributed by atoms with Crippen LogP contribution < -0.4 is 0 Å². The first-order valence-corrected chi connectivity index (χ1v) is 10.3. The van der Waals surface area contributed by atoms with Gasteiger partial charge in [0.15, 0.2) is 11.4 Å². The Morgan fingerprint density at radius 2 is 1.87 bits per heavy atom. The number of halogens is 1. The third kappa shape index (κ3) is 3.86. The van der Waals surface area contributed by atoms with E-state index in [9.17, 15) is 28.0 Å². The van der Waals surface area contributed by atoms with Gasteiger partial charge in [-0.05, 0) is 30.3 Å². The Kier molecular flexibility index (Phi) is 5.80. The third-order valence-electron chi connectivity index (χ3n) is 4.46. The summed E-state index contributed by atoms with van der Waals surface area (Å²) in [5, 5.41) is 29.3. The molecule has 30 heavy (non-hydrogen) atoms. The standard InChI is InChI=1S/C18H18FN5O5S/c1-3-23(4-2)30(28,29)12-6-8-15(16(10-12)24(26)27)21-22-17-13-9-11(19)5-7-14(13)20-18(17)25/h5-10,20,25H,3-4H2,1-2H3. The Bertz CT molecular complexity index is 1250. The van der Waals surface area contributed by atoms with E-state index in [1.165, 1.54) is 22.5 Å². The lowest BCUT2D eigenvalue weighted by atomic mass is 10.2. The first-order chi connectivity index (χ1) is 14.2. The van der Waals surface area contributed by atoms with Crippen LogP contribution in [-0.4, -0.2) is 40.8 Å². The average Bonchev–Trinajstić information content (AvgIpc) is 3.01. The van der Waals surface area contributed by atoms with Gasteiger partial charge in [0.25, 0.3) is 5.69 Å². The molecule has 0 spiro atoms. The Labute approximate surface area is 170 Å². The van der Waals surface area contributed by atoms with Gasteiger partial charge in [0.1, 0.15) is 5.82 Å². The molecule has 0 amide bonds. The van der Waals surface area contributed by atoms with E-state index in [-0.39, 0.29) is 40.6 Å². The van der Waals surface area contributed by atoms with Crippen molar-refractivity contribution in [2.24, 2.45) is 10.2 Å². The molecular formula is C18H18FN5O5S. The molecule has 158 valence electrons. The Morgan fingerprint density at radius 3 is 2.50 bits per heavy atom. The third-order valence-corrected chi connectivity index (χ3v) is 6.50. The van der Waals surface area contributed by atoms with Crippen molar-refractivity contribution in [1.29, 1.82) is 0 Å². The number of H-pyrrole nitrogens is 1. The molecule has 0 atom stereocenters. The zero-order valence-corrected chi connectivity index (χ0v) is 16.9. The molecule has 1 aromatic heterocycles. The summed E-state index contributed by atoms with van der Waals surface area (Å²) in [5.74, 6) is -0.947. The van der Waals surface area contributed by atoms with Crippen molar-refractivity contribution in [1.82, 2.24) is 9.29 Å². The molecule has 3 aromatic rings. The van der Waals surface area contributed by atoms with Crippen LogP contribution in [0, 0.1) is 15.9 Å². The number of nitro benzene ring substituents is 1. The summed E-state index contributed by atoms with van der Waals surface area (Å²) in [5.41, 5.74) is -0.488. The number of fused-ring (bicyclic) bond motifs is 1. The lowest BCUT2D eigenvalue weighted by molar-refractivity contribution is -0.384. The molecule has 0 radical (unpaired) electrons. The highest BCUT2D eigenvalue weighted by Crippen LogP contribution is 2.38. The van der Waals surface area contributed by atoms with Crippen LogP contribution in [0.4, 0.5) is 21.5 Å². The number of hydrogen-bond donors (Lipinski definition) is 2. The van der Waals surface area contributed by atoms with Crippen molar-refractivity contribution in [3.8, 4) is 5.88 Å². The van der Waals surface area contributed by atoms with E-state index < -0.39 is 26.5 Å². The maximum atomic E-state index is 13.5. The fourth-order valence-electron chi connectivity index (χ4n) is 2.95. The highest BCUT2D eigenvalue weighted by Gasteiger charge is 2.26. The number of azo groups is 1. The minimum atomic E-state index is -3.90. The highest BCUT2D eigenvalue weighted by molar-refractivity contribution is 7.89. The number of benzene rings is 2. The molecule has 0 saturated heterocycles. The van der Waals surface area contributed by atoms with Crippen molar-refractivity contribution in [3.05, 3.63) is 52.3 Å². The summed E-state index contributed by atoms with van der Waals surface area (Å²) in [7, 11) is -3.90. The smallest absolute Gasteiger partial charge is 0.298 e. The maximum absolute atomic E-state index is 13.5. The van der Waals surface area contributed by atoms with Crippen molar-refractivity contribution >= 4 is 38.0 Å². The molecule has 0 aliphatic rings. The lowest BCUT2D eigenvalue weighted by Gasteiger charge is -2.18. The Balaban J connectivity index is 2.07. The number of rotatable bonds is 7. The highest BCUT2D eigenvalue weighted by atomic mass is 32.2. The van der Waals surface area contributed by atoms with Gasteiger partial charge in [0.2, 0.25) is 15.9 Å². The number of aromatic amines is 1. The molecular weight excluding hydrogens is 417 g/mol. The SMILES string of the molecule is CCN(CC)S(=O)(=O)c1ccc(N=Nc2c(O)[nH]c3ccc(F)cc23)c([N+](=O)[O-])c1. The van der Waals surface area contributed by atoms with Gasteiger partial charge in [-0.2, -0.15) is 4.31 Å². The Morgan fingerprint density at radius 1 is 1.17 bits per heavy atom. The topological polar surface area (TPSA) is 141 Å². The summed E-state index contributed by atoms with van der Waals surface area (Å²) in [6.45, 7) is 3.75. The molecule has 12 heteroatoms. The number of nitrogens with one attached hydrogen (secondary N) is 1. The van der Waals surface area contributed by atoms with Crippen LogP contribution in [0.15, 0.2) is 51.5 Å². The summed E-state index contributed by atoms with van der Waals surface area (Å²) in [6.07, 6.45) is 0. The van der Waals surface area contributed by atoms with Gasteiger partial charge in [-0.25, -0.2) is 12.8 Å². The molecule has 2 aromatic carbocycles. The molecule has 0 saturated carbocycles. The van der Waals surface area contributed by atoms with E-state index in [0.717, 1.165) is 18.2 Å². The van der Waals surface area contributed by atoms with Crippen LogP contribution >= 0.6 is 0 Å². The fourth-order valence-corrected chi connectivity index (χ4v) is 4.43. The van der Waals surface area contributed by atoms with Gasteiger partial charge in [-0.15, -0.1) is 10.2 Å². The summed E-state index contributed by atoms with van der Waals surface area (Å²) in [4.78, 5) is 13.1.